The van der Waals surface area contributed by atoms with Crippen molar-refractivity contribution in [3.63, 3.8) is 0 Å². The maximum absolute atomic E-state index is 11.9. The molecule has 0 atom stereocenters. The van der Waals surface area contributed by atoms with E-state index in [4.69, 9.17) is 11.6 Å². The molecule has 100 valence electrons. The number of hydrogen-bond acceptors (Lipinski definition) is 6. The minimum Gasteiger partial charge on any atom is -0.280 e. The molecule has 0 fully saturated rings. The quantitative estimate of drug-likeness (QED) is 0.550. The molecular formula is C11H8ClN7O. The minimum absolute atomic E-state index is 0.133. The molecule has 3 aromatic heterocycles. The molecule has 9 heteroatoms. The van der Waals surface area contributed by atoms with E-state index >= 15 is 0 Å². The van der Waals surface area contributed by atoms with E-state index in [1.165, 1.54) is 17.0 Å². The van der Waals surface area contributed by atoms with Gasteiger partial charge in [-0.2, -0.15) is 4.52 Å². The second kappa shape index (κ2) is 5.10. The van der Waals surface area contributed by atoms with Crippen LogP contribution in [0, 0.1) is 0 Å². The number of hydrogen-bond donors (Lipinski definition) is 2. The summed E-state index contributed by atoms with van der Waals surface area (Å²) in [4.78, 5) is 15.7. The highest BCUT2D eigenvalue weighted by molar-refractivity contribution is 6.32. The van der Waals surface area contributed by atoms with Crippen LogP contribution in [0.25, 0.3) is 5.65 Å². The first-order valence-corrected chi connectivity index (χ1v) is 5.96. The number of fused-ring (bicyclic) bond motifs is 1. The summed E-state index contributed by atoms with van der Waals surface area (Å²) in [5.74, 6) is 0.0272. The number of nitrogens with one attached hydrogen (secondary N) is 2. The SMILES string of the molecule is O=C(NNc1ccc2nncn2n1)c1cccnc1Cl. The number of carbonyl (C=O) groups is 1. The molecule has 3 heterocycles. The summed E-state index contributed by atoms with van der Waals surface area (Å²) in [7, 11) is 0. The van der Waals surface area contributed by atoms with Crippen LogP contribution in [0.15, 0.2) is 36.8 Å². The number of pyridine rings is 1. The van der Waals surface area contributed by atoms with E-state index in [0.717, 1.165) is 0 Å². The highest BCUT2D eigenvalue weighted by atomic mass is 35.5. The lowest BCUT2D eigenvalue weighted by molar-refractivity contribution is 0.0962. The van der Waals surface area contributed by atoms with Gasteiger partial charge in [0, 0.05) is 6.20 Å². The van der Waals surface area contributed by atoms with Crippen LogP contribution >= 0.6 is 11.6 Å². The number of nitrogens with zero attached hydrogens (tertiary/aromatic N) is 5. The van der Waals surface area contributed by atoms with Gasteiger partial charge in [0.2, 0.25) is 0 Å². The van der Waals surface area contributed by atoms with E-state index in [1.807, 2.05) is 0 Å². The zero-order chi connectivity index (χ0) is 13.9. The monoisotopic (exact) mass is 289 g/mol. The van der Waals surface area contributed by atoms with Crippen molar-refractivity contribution >= 4 is 29.0 Å². The third-order valence-electron chi connectivity index (χ3n) is 2.47. The van der Waals surface area contributed by atoms with E-state index in [1.54, 1.807) is 24.3 Å². The molecule has 0 saturated carbocycles. The van der Waals surface area contributed by atoms with Crippen LogP contribution in [-0.2, 0) is 0 Å². The van der Waals surface area contributed by atoms with Gasteiger partial charge in [0.1, 0.15) is 11.5 Å². The Hall–Kier alpha value is -2.74. The average molecular weight is 290 g/mol. The van der Waals surface area contributed by atoms with Gasteiger partial charge in [0.25, 0.3) is 5.91 Å². The third kappa shape index (κ3) is 2.36. The molecule has 0 aromatic carbocycles. The molecule has 20 heavy (non-hydrogen) atoms. The van der Waals surface area contributed by atoms with Gasteiger partial charge >= 0.3 is 0 Å². The lowest BCUT2D eigenvalue weighted by Crippen LogP contribution is -2.30. The van der Waals surface area contributed by atoms with Gasteiger partial charge in [-0.25, -0.2) is 4.98 Å². The highest BCUT2D eigenvalue weighted by Crippen LogP contribution is 2.11. The molecular weight excluding hydrogens is 282 g/mol. The topological polar surface area (TPSA) is 97.1 Å². The Labute approximate surface area is 117 Å². The van der Waals surface area contributed by atoms with Crippen molar-refractivity contribution in [2.75, 3.05) is 5.43 Å². The lowest BCUT2D eigenvalue weighted by atomic mass is 10.3. The fraction of sp³-hybridized carbons (Fsp3) is 0. The Morgan fingerprint density at radius 1 is 1.30 bits per heavy atom. The zero-order valence-electron chi connectivity index (χ0n) is 9.99. The first kappa shape index (κ1) is 12.3. The van der Waals surface area contributed by atoms with Crippen LogP contribution in [-0.4, -0.2) is 30.7 Å². The fourth-order valence-electron chi connectivity index (χ4n) is 1.54. The summed E-state index contributed by atoms with van der Waals surface area (Å²) in [6.45, 7) is 0. The van der Waals surface area contributed by atoms with Crippen LogP contribution in [0.2, 0.25) is 5.15 Å². The molecule has 3 rings (SSSR count). The van der Waals surface area contributed by atoms with Crippen molar-refractivity contribution in [1.82, 2.24) is 30.2 Å². The number of aromatic nitrogens is 5. The number of hydrazine groups is 1. The standard InChI is InChI=1S/C11H8ClN7O/c12-10-7(2-1-5-13-10)11(20)17-15-8-3-4-9-16-14-6-19(9)18-8/h1-6H,(H,15,18)(H,17,20). The summed E-state index contributed by atoms with van der Waals surface area (Å²) in [6, 6.07) is 6.58. The first-order chi connectivity index (χ1) is 9.74. The summed E-state index contributed by atoms with van der Waals surface area (Å²) < 4.78 is 1.48. The van der Waals surface area contributed by atoms with Gasteiger partial charge in [0.05, 0.1) is 5.56 Å². The van der Waals surface area contributed by atoms with Crippen LogP contribution in [0.4, 0.5) is 5.82 Å². The van der Waals surface area contributed by atoms with Crippen molar-refractivity contribution in [1.29, 1.82) is 0 Å². The van der Waals surface area contributed by atoms with Gasteiger partial charge in [0.15, 0.2) is 11.5 Å². The average Bonchev–Trinajstić information content (AvgIpc) is 2.92. The number of rotatable bonds is 3. The molecule has 0 bridgehead atoms. The van der Waals surface area contributed by atoms with Crippen LogP contribution in [0.5, 0.6) is 0 Å². The number of amides is 1. The Kier molecular flexibility index (Phi) is 3.13. The summed E-state index contributed by atoms with van der Waals surface area (Å²) >= 11 is 5.83. The van der Waals surface area contributed by atoms with Gasteiger partial charge in [-0.15, -0.1) is 15.3 Å². The van der Waals surface area contributed by atoms with Crippen molar-refractivity contribution in [2.24, 2.45) is 0 Å². The van der Waals surface area contributed by atoms with E-state index in [9.17, 15) is 4.79 Å². The summed E-state index contributed by atoms with van der Waals surface area (Å²) in [6.07, 6.45) is 2.97. The van der Waals surface area contributed by atoms with Crippen LogP contribution < -0.4 is 10.9 Å². The predicted octanol–water partition coefficient (Wildman–Crippen LogP) is 0.930. The van der Waals surface area contributed by atoms with Gasteiger partial charge < -0.3 is 0 Å². The molecule has 8 nitrogen and oxygen atoms in total. The molecule has 0 aliphatic rings. The molecule has 0 radical (unpaired) electrons. The summed E-state index contributed by atoms with van der Waals surface area (Å²) in [5.41, 5.74) is 6.04. The lowest BCUT2D eigenvalue weighted by Gasteiger charge is -2.08. The smallest absolute Gasteiger partial charge is 0.272 e. The molecule has 0 aliphatic heterocycles. The van der Waals surface area contributed by atoms with Crippen molar-refractivity contribution < 1.29 is 4.79 Å². The molecule has 0 spiro atoms. The van der Waals surface area contributed by atoms with Gasteiger partial charge in [-0.05, 0) is 24.3 Å². The Morgan fingerprint density at radius 3 is 3.05 bits per heavy atom. The van der Waals surface area contributed by atoms with Crippen LogP contribution in [0.1, 0.15) is 10.4 Å². The van der Waals surface area contributed by atoms with E-state index in [2.05, 4.69) is 31.1 Å². The maximum Gasteiger partial charge on any atom is 0.272 e. The zero-order valence-corrected chi connectivity index (χ0v) is 10.7. The number of anilines is 1. The largest absolute Gasteiger partial charge is 0.280 e. The molecule has 0 aliphatic carbocycles. The highest BCUT2D eigenvalue weighted by Gasteiger charge is 2.10. The normalized spacial score (nSPS) is 10.4. The molecule has 0 saturated heterocycles. The molecule has 1 amide bonds. The minimum atomic E-state index is -0.409. The number of halogens is 1. The van der Waals surface area contributed by atoms with Gasteiger partial charge in [-0.1, -0.05) is 11.6 Å². The second-order valence-electron chi connectivity index (χ2n) is 3.77. The number of carbonyl (C=O) groups excluding carboxylic acids is 1. The second-order valence-corrected chi connectivity index (χ2v) is 4.13. The Bertz CT molecular complexity index is 772. The predicted molar refractivity (Wildman–Crippen MR) is 71.1 cm³/mol. The first-order valence-electron chi connectivity index (χ1n) is 5.58. The van der Waals surface area contributed by atoms with E-state index in [0.29, 0.717) is 11.5 Å². The third-order valence-corrected chi connectivity index (χ3v) is 2.77. The summed E-state index contributed by atoms with van der Waals surface area (Å²) in [5, 5.41) is 11.8. The Morgan fingerprint density at radius 2 is 2.20 bits per heavy atom. The van der Waals surface area contributed by atoms with Gasteiger partial charge in [-0.3, -0.25) is 15.6 Å². The van der Waals surface area contributed by atoms with Crippen LogP contribution in [0.3, 0.4) is 0 Å². The molecule has 2 N–H and O–H groups in total. The maximum atomic E-state index is 11.9. The Balaban J connectivity index is 1.73. The molecule has 3 aromatic rings. The van der Waals surface area contributed by atoms with E-state index < -0.39 is 5.91 Å². The van der Waals surface area contributed by atoms with Crippen molar-refractivity contribution in [3.05, 3.63) is 47.5 Å². The van der Waals surface area contributed by atoms with Crippen molar-refractivity contribution in [2.45, 2.75) is 0 Å². The van der Waals surface area contributed by atoms with E-state index in [-0.39, 0.29) is 10.7 Å². The molecule has 0 unspecified atom stereocenters. The fourth-order valence-corrected chi connectivity index (χ4v) is 1.74. The van der Waals surface area contributed by atoms with Crippen molar-refractivity contribution in [3.8, 4) is 0 Å².